The first-order valence-electron chi connectivity index (χ1n) is 6.30. The number of carboxylic acid groups (broad SMARTS) is 1. The minimum absolute atomic E-state index is 0.0683. The fourth-order valence-corrected chi connectivity index (χ4v) is 2.83. The van der Waals surface area contributed by atoms with Crippen LogP contribution in [0.1, 0.15) is 34.0 Å². The zero-order valence-corrected chi connectivity index (χ0v) is 12.3. The molecule has 1 unspecified atom stereocenters. The molecule has 0 fully saturated rings. The van der Waals surface area contributed by atoms with E-state index in [9.17, 15) is 4.79 Å². The summed E-state index contributed by atoms with van der Waals surface area (Å²) >= 11 is 1.32. The number of anilines is 1. The maximum absolute atomic E-state index is 10.9. The smallest absolute Gasteiger partial charge is 0.355 e. The number of thiazole rings is 1. The van der Waals surface area contributed by atoms with Gasteiger partial charge in [-0.15, -0.1) is 11.3 Å². The first-order chi connectivity index (χ1) is 10.0. The van der Waals surface area contributed by atoms with Gasteiger partial charge in [-0.3, -0.25) is 0 Å². The van der Waals surface area contributed by atoms with Crippen molar-refractivity contribution in [1.29, 1.82) is 0 Å². The van der Waals surface area contributed by atoms with Gasteiger partial charge >= 0.3 is 5.97 Å². The summed E-state index contributed by atoms with van der Waals surface area (Å²) in [5, 5.41) is 18.6. The highest BCUT2D eigenvalue weighted by Gasteiger charge is 2.15. The molecule has 1 atom stereocenters. The lowest BCUT2D eigenvalue weighted by atomic mass is 10.2. The minimum atomic E-state index is -1.01. The van der Waals surface area contributed by atoms with Crippen molar-refractivity contribution in [2.24, 2.45) is 0 Å². The lowest BCUT2D eigenvalue weighted by Gasteiger charge is -2.14. The number of carbonyl (C=O) groups is 1. The Hall–Kier alpha value is -2.48. The van der Waals surface area contributed by atoms with E-state index in [1.54, 1.807) is 4.52 Å². The summed E-state index contributed by atoms with van der Waals surface area (Å²) in [6.07, 6.45) is 1.50. The van der Waals surface area contributed by atoms with Crippen LogP contribution in [0.2, 0.25) is 0 Å². The molecule has 0 amide bonds. The first kappa shape index (κ1) is 13.5. The summed E-state index contributed by atoms with van der Waals surface area (Å²) in [4.78, 5) is 19.2. The van der Waals surface area contributed by atoms with Crippen molar-refractivity contribution in [3.8, 4) is 0 Å². The fourth-order valence-electron chi connectivity index (χ4n) is 2.03. The Morgan fingerprint density at radius 3 is 3.00 bits per heavy atom. The molecule has 0 aliphatic carbocycles. The molecule has 108 valence electrons. The number of nitrogens with one attached hydrogen (secondary N) is 1. The number of hydrogen-bond acceptors (Lipinski definition) is 6. The van der Waals surface area contributed by atoms with Crippen LogP contribution in [0.3, 0.4) is 0 Å². The van der Waals surface area contributed by atoms with E-state index in [-0.39, 0.29) is 11.7 Å². The van der Waals surface area contributed by atoms with E-state index in [2.05, 4.69) is 20.4 Å². The Labute approximate surface area is 124 Å². The number of hydrogen-bond donors (Lipinski definition) is 2. The van der Waals surface area contributed by atoms with Crippen molar-refractivity contribution in [3.05, 3.63) is 40.1 Å². The molecule has 0 spiro atoms. The van der Waals surface area contributed by atoms with Crippen molar-refractivity contribution in [2.45, 2.75) is 19.9 Å². The monoisotopic (exact) mass is 303 g/mol. The van der Waals surface area contributed by atoms with Crippen LogP contribution in [0.4, 0.5) is 5.82 Å². The molecule has 0 bridgehead atoms. The summed E-state index contributed by atoms with van der Waals surface area (Å²) in [5.74, 6) is -0.221. The second-order valence-electron chi connectivity index (χ2n) is 4.69. The summed E-state index contributed by atoms with van der Waals surface area (Å²) in [7, 11) is 0. The predicted molar refractivity (Wildman–Crippen MR) is 78.8 cm³/mol. The Morgan fingerprint density at radius 1 is 1.48 bits per heavy atom. The second kappa shape index (κ2) is 5.13. The van der Waals surface area contributed by atoms with Crippen LogP contribution in [-0.4, -0.2) is 30.7 Å². The largest absolute Gasteiger partial charge is 0.476 e. The van der Waals surface area contributed by atoms with Crippen molar-refractivity contribution < 1.29 is 9.90 Å². The third kappa shape index (κ3) is 2.57. The van der Waals surface area contributed by atoms with E-state index in [1.807, 2.05) is 26.0 Å². The Balaban J connectivity index is 1.90. The number of aryl methyl sites for hydroxylation is 1. The molecule has 3 heterocycles. The highest BCUT2D eigenvalue weighted by molar-refractivity contribution is 7.09. The number of rotatable bonds is 4. The maximum atomic E-state index is 10.9. The van der Waals surface area contributed by atoms with Crippen LogP contribution in [0.15, 0.2) is 23.8 Å². The van der Waals surface area contributed by atoms with Gasteiger partial charge in [-0.1, -0.05) is 0 Å². The number of nitrogens with zero attached hydrogens (tertiary/aromatic N) is 4. The van der Waals surface area contributed by atoms with Gasteiger partial charge in [-0.2, -0.15) is 9.61 Å². The zero-order valence-electron chi connectivity index (χ0n) is 11.4. The van der Waals surface area contributed by atoms with E-state index >= 15 is 0 Å². The molecule has 0 saturated heterocycles. The zero-order chi connectivity index (χ0) is 15.0. The lowest BCUT2D eigenvalue weighted by molar-refractivity contribution is 0.0691. The maximum Gasteiger partial charge on any atom is 0.355 e. The number of carboxylic acids is 1. The summed E-state index contributed by atoms with van der Waals surface area (Å²) < 4.78 is 1.70. The fraction of sp³-hybridized carbons (Fsp3) is 0.231. The molecule has 0 aromatic carbocycles. The van der Waals surface area contributed by atoms with Gasteiger partial charge in [-0.25, -0.2) is 14.8 Å². The second-order valence-corrected chi connectivity index (χ2v) is 5.58. The van der Waals surface area contributed by atoms with Gasteiger partial charge in [0.05, 0.1) is 6.04 Å². The molecule has 3 rings (SSSR count). The predicted octanol–water partition coefficient (Wildman–Crippen LogP) is 2.37. The highest BCUT2D eigenvalue weighted by Crippen LogP contribution is 2.23. The molecule has 21 heavy (non-hydrogen) atoms. The van der Waals surface area contributed by atoms with Crippen molar-refractivity contribution in [2.75, 3.05) is 5.32 Å². The summed E-state index contributed by atoms with van der Waals surface area (Å²) in [6.45, 7) is 3.91. The van der Waals surface area contributed by atoms with Gasteiger partial charge in [-0.05, 0) is 31.5 Å². The average Bonchev–Trinajstić information content (AvgIpc) is 3.06. The van der Waals surface area contributed by atoms with Crippen LogP contribution in [-0.2, 0) is 0 Å². The third-order valence-corrected chi connectivity index (χ3v) is 4.03. The molecule has 3 aromatic heterocycles. The Morgan fingerprint density at radius 2 is 2.29 bits per heavy atom. The molecular weight excluding hydrogens is 290 g/mol. The van der Waals surface area contributed by atoms with Crippen LogP contribution in [0, 0.1) is 6.92 Å². The summed E-state index contributed by atoms with van der Waals surface area (Å²) in [6, 6.07) is 3.77. The molecule has 3 aromatic rings. The number of aromatic carboxylic acids is 1. The van der Waals surface area contributed by atoms with E-state index in [0.29, 0.717) is 5.01 Å². The van der Waals surface area contributed by atoms with E-state index in [1.165, 1.54) is 23.0 Å². The standard InChI is InChI=1S/C13H13N5O2S/c1-7-3-10-14-6-15-18(10)11(4-7)16-8(2)12-17-9(5-21-12)13(19)20/h3-6,8,16H,1-2H3,(H,19,20). The van der Waals surface area contributed by atoms with Crippen LogP contribution >= 0.6 is 11.3 Å². The molecule has 0 saturated carbocycles. The van der Waals surface area contributed by atoms with Gasteiger partial charge < -0.3 is 10.4 Å². The van der Waals surface area contributed by atoms with E-state index < -0.39 is 5.97 Å². The normalized spacial score (nSPS) is 12.5. The average molecular weight is 303 g/mol. The van der Waals surface area contributed by atoms with E-state index in [0.717, 1.165) is 17.0 Å². The molecule has 0 aliphatic rings. The van der Waals surface area contributed by atoms with Gasteiger partial charge in [0, 0.05) is 5.38 Å². The minimum Gasteiger partial charge on any atom is -0.476 e. The van der Waals surface area contributed by atoms with Crippen LogP contribution in [0.25, 0.3) is 5.65 Å². The lowest BCUT2D eigenvalue weighted by Crippen LogP contribution is -2.11. The molecule has 0 aliphatic heterocycles. The first-order valence-corrected chi connectivity index (χ1v) is 7.18. The number of aromatic nitrogens is 4. The molecule has 7 nitrogen and oxygen atoms in total. The molecule has 8 heteroatoms. The third-order valence-electron chi connectivity index (χ3n) is 3.00. The number of pyridine rings is 1. The molecular formula is C13H13N5O2S. The summed E-state index contributed by atoms with van der Waals surface area (Å²) in [5.41, 5.74) is 1.89. The van der Waals surface area contributed by atoms with Gasteiger partial charge in [0.15, 0.2) is 11.3 Å². The quantitative estimate of drug-likeness (QED) is 0.768. The van der Waals surface area contributed by atoms with Crippen molar-refractivity contribution in [1.82, 2.24) is 19.6 Å². The SMILES string of the molecule is Cc1cc(NC(C)c2nc(C(=O)O)cs2)n2ncnc2c1. The Bertz CT molecular complexity index is 810. The van der Waals surface area contributed by atoms with Crippen LogP contribution in [0.5, 0.6) is 0 Å². The highest BCUT2D eigenvalue weighted by atomic mass is 32.1. The number of fused-ring (bicyclic) bond motifs is 1. The van der Waals surface area contributed by atoms with Gasteiger partial charge in [0.25, 0.3) is 0 Å². The Kier molecular flexibility index (Phi) is 3.30. The molecule has 0 radical (unpaired) electrons. The van der Waals surface area contributed by atoms with E-state index in [4.69, 9.17) is 5.11 Å². The van der Waals surface area contributed by atoms with Crippen LogP contribution < -0.4 is 5.32 Å². The van der Waals surface area contributed by atoms with Gasteiger partial charge in [0.1, 0.15) is 17.2 Å². The van der Waals surface area contributed by atoms with Crippen molar-refractivity contribution in [3.63, 3.8) is 0 Å². The van der Waals surface area contributed by atoms with Gasteiger partial charge in [0.2, 0.25) is 0 Å². The molecule has 2 N–H and O–H groups in total. The topological polar surface area (TPSA) is 92.4 Å². The van der Waals surface area contributed by atoms with Crippen molar-refractivity contribution >= 4 is 28.8 Å².